The molecule has 2 amide bonds. The molecule has 0 atom stereocenters. The quantitative estimate of drug-likeness (QED) is 0.313. The standard InChI is InChI=1S/C13H9ClF6N4O2S/c1-6(14)24-26-11(12(15,16)17,13(18,19)20)23-9(25)22-10-21-7-4-2-3-5-8(7)27-10/h2-5H,1H3,(H2,21,22,23,25)/b24-6+. The van der Waals surface area contributed by atoms with Gasteiger partial charge in [0.1, 0.15) is 5.17 Å². The van der Waals surface area contributed by atoms with Gasteiger partial charge in [-0.05, 0) is 19.1 Å². The van der Waals surface area contributed by atoms with E-state index in [-0.39, 0.29) is 5.13 Å². The Morgan fingerprint density at radius 1 is 1.19 bits per heavy atom. The number of aromatic nitrogens is 1. The second-order valence-electron chi connectivity index (χ2n) is 4.92. The summed E-state index contributed by atoms with van der Waals surface area (Å²) < 4.78 is 79.6. The van der Waals surface area contributed by atoms with Crippen molar-refractivity contribution >= 4 is 49.5 Å². The molecule has 0 spiro atoms. The average Bonchev–Trinajstić information content (AvgIpc) is 2.90. The van der Waals surface area contributed by atoms with Crippen molar-refractivity contribution < 1.29 is 36.0 Å². The summed E-state index contributed by atoms with van der Waals surface area (Å²) >= 11 is 6.00. The minimum atomic E-state index is -6.11. The Morgan fingerprint density at radius 2 is 1.78 bits per heavy atom. The maximum atomic E-state index is 13.2. The van der Waals surface area contributed by atoms with Crippen molar-refractivity contribution in [3.8, 4) is 0 Å². The number of carbonyl (C=O) groups is 1. The molecule has 1 heterocycles. The highest BCUT2D eigenvalue weighted by Gasteiger charge is 2.76. The van der Waals surface area contributed by atoms with E-state index in [0.29, 0.717) is 10.2 Å². The molecule has 0 aliphatic rings. The van der Waals surface area contributed by atoms with Gasteiger partial charge in [0.25, 0.3) is 0 Å². The zero-order chi connectivity index (χ0) is 20.5. The molecule has 2 aromatic rings. The summed E-state index contributed by atoms with van der Waals surface area (Å²) in [6, 6.07) is 4.55. The molecule has 1 aromatic heterocycles. The lowest BCUT2D eigenvalue weighted by Gasteiger charge is -2.34. The Labute approximate surface area is 156 Å². The molecule has 2 N–H and O–H groups in total. The van der Waals surface area contributed by atoms with Crippen molar-refractivity contribution in [2.24, 2.45) is 5.16 Å². The highest BCUT2D eigenvalue weighted by Crippen LogP contribution is 2.44. The van der Waals surface area contributed by atoms with Crippen LogP contribution >= 0.6 is 22.9 Å². The van der Waals surface area contributed by atoms with Gasteiger partial charge in [-0.2, -0.15) is 26.3 Å². The van der Waals surface area contributed by atoms with Gasteiger partial charge < -0.3 is 4.84 Å². The Bertz CT molecular complexity index is 815. The number of rotatable bonds is 4. The molecule has 14 heteroatoms. The summed E-state index contributed by atoms with van der Waals surface area (Å²) in [5, 5.41) is 4.10. The summed E-state index contributed by atoms with van der Waals surface area (Å²) in [7, 11) is 0. The zero-order valence-corrected chi connectivity index (χ0v) is 14.6. The lowest BCUT2D eigenvalue weighted by atomic mass is 10.2. The number of amides is 2. The van der Waals surface area contributed by atoms with Gasteiger partial charge in [0.05, 0.1) is 10.2 Å². The predicted octanol–water partition coefficient (Wildman–Crippen LogP) is 4.83. The molecule has 0 aliphatic carbocycles. The van der Waals surface area contributed by atoms with Gasteiger partial charge in [-0.1, -0.05) is 40.2 Å². The van der Waals surface area contributed by atoms with E-state index < -0.39 is 29.3 Å². The summed E-state index contributed by atoms with van der Waals surface area (Å²) in [4.78, 5) is 19.3. The number of nitrogens with zero attached hydrogens (tertiary/aromatic N) is 2. The molecule has 148 valence electrons. The molecular weight excluding hydrogens is 426 g/mol. The Balaban J connectivity index is 2.32. The molecule has 0 aliphatic heterocycles. The number of thiazole rings is 1. The first kappa shape index (κ1) is 21.0. The van der Waals surface area contributed by atoms with Gasteiger partial charge >= 0.3 is 24.1 Å². The number of halogens is 7. The number of nitrogens with one attached hydrogen (secondary N) is 2. The van der Waals surface area contributed by atoms with E-state index in [4.69, 9.17) is 11.6 Å². The number of para-hydroxylation sites is 1. The van der Waals surface area contributed by atoms with Crippen LogP contribution in [-0.4, -0.2) is 34.3 Å². The van der Waals surface area contributed by atoms with E-state index in [1.54, 1.807) is 24.3 Å². The van der Waals surface area contributed by atoms with Gasteiger partial charge in [-0.15, -0.1) is 0 Å². The monoisotopic (exact) mass is 434 g/mol. The van der Waals surface area contributed by atoms with Crippen molar-refractivity contribution in [2.45, 2.75) is 25.0 Å². The lowest BCUT2D eigenvalue weighted by molar-refractivity contribution is -0.388. The maximum absolute atomic E-state index is 13.2. The fourth-order valence-corrected chi connectivity index (χ4v) is 2.67. The van der Waals surface area contributed by atoms with Gasteiger partial charge in [0.15, 0.2) is 5.13 Å². The van der Waals surface area contributed by atoms with Crippen molar-refractivity contribution in [1.29, 1.82) is 0 Å². The molecule has 0 bridgehead atoms. The smallest absolute Gasteiger partial charge is 0.346 e. The van der Waals surface area contributed by atoms with Crippen LogP contribution in [0.4, 0.5) is 36.3 Å². The average molecular weight is 435 g/mol. The maximum Gasteiger partial charge on any atom is 0.461 e. The second kappa shape index (κ2) is 7.38. The van der Waals surface area contributed by atoms with Crippen LogP contribution in [0.15, 0.2) is 29.4 Å². The van der Waals surface area contributed by atoms with E-state index in [9.17, 15) is 31.1 Å². The van der Waals surface area contributed by atoms with E-state index >= 15 is 0 Å². The number of benzene rings is 1. The van der Waals surface area contributed by atoms with Gasteiger partial charge in [-0.3, -0.25) is 10.6 Å². The third-order valence-electron chi connectivity index (χ3n) is 2.91. The number of hydrogen-bond donors (Lipinski definition) is 2. The van der Waals surface area contributed by atoms with Crippen LogP contribution < -0.4 is 10.6 Å². The van der Waals surface area contributed by atoms with E-state index in [0.717, 1.165) is 23.6 Å². The molecule has 0 saturated carbocycles. The second-order valence-corrected chi connectivity index (χ2v) is 6.50. The number of anilines is 1. The van der Waals surface area contributed by atoms with Crippen LogP contribution in [0.2, 0.25) is 0 Å². The molecule has 0 saturated heterocycles. The van der Waals surface area contributed by atoms with Gasteiger partial charge in [0.2, 0.25) is 0 Å². The zero-order valence-electron chi connectivity index (χ0n) is 13.1. The van der Waals surface area contributed by atoms with Crippen molar-refractivity contribution in [1.82, 2.24) is 10.3 Å². The van der Waals surface area contributed by atoms with Crippen LogP contribution in [-0.2, 0) is 4.84 Å². The third kappa shape index (κ3) is 4.53. The molecule has 1 aromatic carbocycles. The van der Waals surface area contributed by atoms with Crippen molar-refractivity contribution in [2.75, 3.05) is 5.32 Å². The molecule has 2 rings (SSSR count). The molecular formula is C13H9ClF6N4O2S. The topological polar surface area (TPSA) is 75.6 Å². The first-order valence-electron chi connectivity index (χ1n) is 6.82. The molecule has 0 radical (unpaired) electrons. The summed E-state index contributed by atoms with van der Waals surface area (Å²) in [5.74, 6) is 0. The Kier molecular flexibility index (Phi) is 5.75. The number of oxime groups is 1. The predicted molar refractivity (Wildman–Crippen MR) is 86.7 cm³/mol. The van der Waals surface area contributed by atoms with E-state index in [1.165, 1.54) is 0 Å². The highest BCUT2D eigenvalue weighted by molar-refractivity contribution is 7.22. The SMILES string of the molecule is C/C(Cl)=N\OC(NC(=O)Nc1nc2ccccc2s1)(C(F)(F)F)C(F)(F)F. The van der Waals surface area contributed by atoms with Crippen molar-refractivity contribution in [3.05, 3.63) is 24.3 Å². The molecule has 0 fully saturated rings. The summed E-state index contributed by atoms with van der Waals surface area (Å²) in [6.45, 7) is 0.889. The fourth-order valence-electron chi connectivity index (χ4n) is 1.77. The summed E-state index contributed by atoms with van der Waals surface area (Å²) in [6.07, 6.45) is -12.2. The number of hydrogen-bond acceptors (Lipinski definition) is 5. The first-order chi connectivity index (χ1) is 12.4. The lowest BCUT2D eigenvalue weighted by Crippen LogP contribution is -2.69. The number of alkyl halides is 6. The normalized spacial score (nSPS) is 13.6. The van der Waals surface area contributed by atoms with Crippen LogP contribution in [0.5, 0.6) is 0 Å². The van der Waals surface area contributed by atoms with Crippen LogP contribution in [0, 0.1) is 0 Å². The number of fused-ring (bicyclic) bond motifs is 1. The molecule has 27 heavy (non-hydrogen) atoms. The molecule has 0 unspecified atom stereocenters. The number of urea groups is 1. The van der Waals surface area contributed by atoms with Crippen LogP contribution in [0.3, 0.4) is 0 Å². The Hall–Kier alpha value is -2.28. The van der Waals surface area contributed by atoms with Gasteiger partial charge in [0, 0.05) is 0 Å². The first-order valence-corrected chi connectivity index (χ1v) is 8.01. The molecule has 6 nitrogen and oxygen atoms in total. The van der Waals surface area contributed by atoms with Crippen LogP contribution in [0.1, 0.15) is 6.92 Å². The fraction of sp³-hybridized carbons (Fsp3) is 0.308. The summed E-state index contributed by atoms with van der Waals surface area (Å²) in [5.41, 5.74) is -4.72. The van der Waals surface area contributed by atoms with Crippen molar-refractivity contribution in [3.63, 3.8) is 0 Å². The highest BCUT2D eigenvalue weighted by atomic mass is 35.5. The van der Waals surface area contributed by atoms with E-state index in [2.05, 4.69) is 15.0 Å². The third-order valence-corrected chi connectivity index (χ3v) is 3.93. The van der Waals surface area contributed by atoms with E-state index in [1.807, 2.05) is 5.32 Å². The largest absolute Gasteiger partial charge is 0.461 e. The Morgan fingerprint density at radius 3 is 2.30 bits per heavy atom. The minimum absolute atomic E-state index is 0.219. The minimum Gasteiger partial charge on any atom is -0.346 e. The van der Waals surface area contributed by atoms with Crippen LogP contribution in [0.25, 0.3) is 10.2 Å². The van der Waals surface area contributed by atoms with Gasteiger partial charge in [-0.25, -0.2) is 9.78 Å². The number of carbonyl (C=O) groups excluding carboxylic acids is 1.